The Morgan fingerprint density at radius 2 is 1.88 bits per heavy atom. The molecule has 3 aromatic rings. The third-order valence-electron chi connectivity index (χ3n) is 4.09. The van der Waals surface area contributed by atoms with E-state index >= 15 is 0 Å². The predicted molar refractivity (Wildman–Crippen MR) is 114 cm³/mol. The molecule has 1 amide bonds. The number of carbonyl (C=O) groups is 2. The molecule has 1 heterocycles. The zero-order valence-corrected chi connectivity index (χ0v) is 16.9. The SMILES string of the molecule is C[C@H](NC(=O)c1cccc([N+](=O)[O-])c1)C(=O)OCc1nc(N)nc(Nc2ccccc2)n1. The molecule has 0 bridgehead atoms. The maximum atomic E-state index is 12.3. The minimum atomic E-state index is -1.03. The second-order valence-electron chi connectivity index (χ2n) is 6.53. The molecule has 12 nitrogen and oxygen atoms in total. The molecule has 0 unspecified atom stereocenters. The molecule has 0 aliphatic rings. The maximum Gasteiger partial charge on any atom is 0.328 e. The van der Waals surface area contributed by atoms with E-state index in [4.69, 9.17) is 10.5 Å². The van der Waals surface area contributed by atoms with Crippen molar-refractivity contribution in [2.75, 3.05) is 11.1 Å². The van der Waals surface area contributed by atoms with Crippen LogP contribution in [0.25, 0.3) is 0 Å². The number of ether oxygens (including phenoxy) is 1. The molecule has 0 aliphatic carbocycles. The Morgan fingerprint density at radius 1 is 1.12 bits per heavy atom. The second kappa shape index (κ2) is 9.93. The molecule has 164 valence electrons. The highest BCUT2D eigenvalue weighted by atomic mass is 16.6. The van der Waals surface area contributed by atoms with Crippen LogP contribution in [0.1, 0.15) is 23.1 Å². The van der Waals surface area contributed by atoms with Crippen LogP contribution < -0.4 is 16.4 Å². The monoisotopic (exact) mass is 437 g/mol. The van der Waals surface area contributed by atoms with E-state index in [9.17, 15) is 19.7 Å². The summed E-state index contributed by atoms with van der Waals surface area (Å²) < 4.78 is 5.15. The summed E-state index contributed by atoms with van der Waals surface area (Å²) in [5.74, 6) is -1.17. The van der Waals surface area contributed by atoms with Gasteiger partial charge in [-0.25, -0.2) is 4.79 Å². The van der Waals surface area contributed by atoms with Gasteiger partial charge in [-0.05, 0) is 25.1 Å². The van der Waals surface area contributed by atoms with E-state index < -0.39 is 22.8 Å². The molecule has 1 atom stereocenters. The van der Waals surface area contributed by atoms with Gasteiger partial charge in [-0.2, -0.15) is 15.0 Å². The average Bonchev–Trinajstić information content (AvgIpc) is 2.77. The van der Waals surface area contributed by atoms with Gasteiger partial charge in [0.05, 0.1) is 4.92 Å². The number of hydrogen-bond donors (Lipinski definition) is 3. The first-order valence-electron chi connectivity index (χ1n) is 9.36. The lowest BCUT2D eigenvalue weighted by Crippen LogP contribution is -2.39. The Kier molecular flexibility index (Phi) is 6.85. The number of nitrogen functional groups attached to an aromatic ring is 1. The van der Waals surface area contributed by atoms with Crippen LogP contribution in [0.5, 0.6) is 0 Å². The molecule has 1 aromatic heterocycles. The van der Waals surface area contributed by atoms with Gasteiger partial charge in [0, 0.05) is 23.4 Å². The Morgan fingerprint density at radius 3 is 2.59 bits per heavy atom. The fourth-order valence-electron chi connectivity index (χ4n) is 2.57. The molecule has 32 heavy (non-hydrogen) atoms. The Bertz CT molecular complexity index is 1140. The van der Waals surface area contributed by atoms with Crippen molar-refractivity contribution in [3.05, 3.63) is 76.1 Å². The molecule has 0 aliphatic heterocycles. The molecule has 0 spiro atoms. The van der Waals surface area contributed by atoms with Gasteiger partial charge < -0.3 is 21.1 Å². The third-order valence-corrected chi connectivity index (χ3v) is 4.09. The normalized spacial score (nSPS) is 11.3. The van der Waals surface area contributed by atoms with E-state index in [1.54, 1.807) is 0 Å². The van der Waals surface area contributed by atoms with Crippen molar-refractivity contribution in [2.45, 2.75) is 19.6 Å². The number of aromatic nitrogens is 3. The third kappa shape index (κ3) is 5.95. The lowest BCUT2D eigenvalue weighted by Gasteiger charge is -2.13. The minimum Gasteiger partial charge on any atom is -0.456 e. The van der Waals surface area contributed by atoms with Crippen LogP contribution in [0.2, 0.25) is 0 Å². The number of hydrogen-bond acceptors (Lipinski definition) is 10. The van der Waals surface area contributed by atoms with Gasteiger partial charge in [-0.15, -0.1) is 0 Å². The Labute approximate surface area is 182 Å². The minimum absolute atomic E-state index is 0.0423. The predicted octanol–water partition coefficient (Wildman–Crippen LogP) is 1.97. The summed E-state index contributed by atoms with van der Waals surface area (Å²) in [5.41, 5.74) is 6.24. The molecular formula is C20H19N7O5. The van der Waals surface area contributed by atoms with Crippen LogP contribution in [-0.2, 0) is 16.1 Å². The second-order valence-corrected chi connectivity index (χ2v) is 6.53. The molecular weight excluding hydrogens is 418 g/mol. The number of para-hydroxylation sites is 1. The van der Waals surface area contributed by atoms with Crippen molar-refractivity contribution in [1.29, 1.82) is 0 Å². The first kappa shape index (κ1) is 22.1. The topological polar surface area (TPSA) is 175 Å². The van der Waals surface area contributed by atoms with Crippen molar-refractivity contribution in [3.63, 3.8) is 0 Å². The first-order valence-corrected chi connectivity index (χ1v) is 9.36. The van der Waals surface area contributed by atoms with Crippen LogP contribution in [0.3, 0.4) is 0 Å². The number of anilines is 3. The van der Waals surface area contributed by atoms with E-state index in [2.05, 4.69) is 25.6 Å². The number of nitro groups is 1. The van der Waals surface area contributed by atoms with Gasteiger partial charge in [-0.3, -0.25) is 14.9 Å². The number of rotatable bonds is 8. The van der Waals surface area contributed by atoms with Gasteiger partial charge in [0.15, 0.2) is 12.4 Å². The van der Waals surface area contributed by atoms with Crippen LogP contribution in [0, 0.1) is 10.1 Å². The first-order chi connectivity index (χ1) is 15.3. The van der Waals surface area contributed by atoms with Gasteiger partial charge in [0.2, 0.25) is 11.9 Å². The fraction of sp³-hybridized carbons (Fsp3) is 0.150. The highest BCUT2D eigenvalue weighted by Crippen LogP contribution is 2.14. The average molecular weight is 437 g/mol. The Hall–Kier alpha value is -4.61. The van der Waals surface area contributed by atoms with Crippen molar-refractivity contribution >= 4 is 35.1 Å². The quantitative estimate of drug-likeness (QED) is 0.268. The smallest absolute Gasteiger partial charge is 0.328 e. The van der Waals surface area contributed by atoms with Crippen molar-refractivity contribution in [1.82, 2.24) is 20.3 Å². The molecule has 0 fully saturated rings. The van der Waals surface area contributed by atoms with E-state index in [-0.39, 0.29) is 35.6 Å². The molecule has 3 rings (SSSR count). The summed E-state index contributed by atoms with van der Waals surface area (Å²) in [7, 11) is 0. The van der Waals surface area contributed by atoms with E-state index in [0.717, 1.165) is 11.8 Å². The van der Waals surface area contributed by atoms with Crippen LogP contribution in [-0.4, -0.2) is 37.8 Å². The van der Waals surface area contributed by atoms with Gasteiger partial charge >= 0.3 is 5.97 Å². The molecule has 0 saturated heterocycles. The zero-order valence-electron chi connectivity index (χ0n) is 16.9. The summed E-state index contributed by atoms with van der Waals surface area (Å²) >= 11 is 0. The van der Waals surface area contributed by atoms with E-state index in [1.165, 1.54) is 25.1 Å². The summed E-state index contributed by atoms with van der Waals surface area (Å²) in [4.78, 5) is 46.8. The summed E-state index contributed by atoms with van der Waals surface area (Å²) in [6.45, 7) is 1.12. The van der Waals surface area contributed by atoms with Crippen molar-refractivity contribution in [2.24, 2.45) is 0 Å². The zero-order chi connectivity index (χ0) is 23.1. The molecule has 4 N–H and O–H groups in total. The maximum absolute atomic E-state index is 12.3. The number of esters is 1. The number of amides is 1. The largest absolute Gasteiger partial charge is 0.456 e. The number of non-ortho nitro benzene ring substituents is 1. The number of carbonyl (C=O) groups excluding carboxylic acids is 2. The Balaban J connectivity index is 1.58. The van der Waals surface area contributed by atoms with Crippen molar-refractivity contribution < 1.29 is 19.2 Å². The molecule has 12 heteroatoms. The number of benzene rings is 2. The fourth-order valence-corrected chi connectivity index (χ4v) is 2.57. The highest BCUT2D eigenvalue weighted by Gasteiger charge is 2.20. The van der Waals surface area contributed by atoms with Gasteiger partial charge in [-0.1, -0.05) is 24.3 Å². The highest BCUT2D eigenvalue weighted by molar-refractivity contribution is 5.97. The summed E-state index contributed by atoms with van der Waals surface area (Å²) in [6, 6.07) is 13.3. The lowest BCUT2D eigenvalue weighted by molar-refractivity contribution is -0.384. The van der Waals surface area contributed by atoms with Crippen LogP contribution in [0.4, 0.5) is 23.3 Å². The van der Waals surface area contributed by atoms with E-state index in [1.807, 2.05) is 30.3 Å². The molecule has 0 radical (unpaired) electrons. The summed E-state index contributed by atoms with van der Waals surface area (Å²) in [6.07, 6.45) is 0. The van der Waals surface area contributed by atoms with Gasteiger partial charge in [0.1, 0.15) is 6.04 Å². The van der Waals surface area contributed by atoms with Gasteiger partial charge in [0.25, 0.3) is 11.6 Å². The number of nitro benzene ring substituents is 1. The molecule has 2 aromatic carbocycles. The number of nitrogens with zero attached hydrogens (tertiary/aromatic N) is 4. The molecule has 0 saturated carbocycles. The van der Waals surface area contributed by atoms with Crippen LogP contribution >= 0.6 is 0 Å². The van der Waals surface area contributed by atoms with Crippen LogP contribution in [0.15, 0.2) is 54.6 Å². The van der Waals surface area contributed by atoms with Crippen molar-refractivity contribution in [3.8, 4) is 0 Å². The standard InChI is InChI=1S/C20H19N7O5/c1-12(22-17(28)13-6-5-9-15(10-13)27(30)31)18(29)32-11-16-24-19(21)26-20(25-16)23-14-7-3-2-4-8-14/h2-10,12H,11H2,1H3,(H,22,28)(H3,21,23,24,25,26)/t12-/m0/s1. The number of nitrogens with two attached hydrogens (primary N) is 1. The van der Waals surface area contributed by atoms with E-state index in [0.29, 0.717) is 0 Å². The number of nitrogens with one attached hydrogen (secondary N) is 2. The summed E-state index contributed by atoms with van der Waals surface area (Å²) in [5, 5.41) is 16.2. The lowest BCUT2D eigenvalue weighted by atomic mass is 10.2.